The third kappa shape index (κ3) is 2.12. The summed E-state index contributed by atoms with van der Waals surface area (Å²) in [5.41, 5.74) is 3.46. The van der Waals surface area contributed by atoms with Crippen LogP contribution >= 0.6 is 0 Å². The summed E-state index contributed by atoms with van der Waals surface area (Å²) in [5, 5.41) is 13.8. The third-order valence-corrected chi connectivity index (χ3v) is 2.74. The molecule has 0 radical (unpaired) electrons. The first-order valence-corrected chi connectivity index (χ1v) is 5.47. The molecule has 1 heterocycles. The lowest BCUT2D eigenvalue weighted by molar-refractivity contribution is 0.667. The van der Waals surface area contributed by atoms with Gasteiger partial charge in [0.1, 0.15) is 5.69 Å². The summed E-state index contributed by atoms with van der Waals surface area (Å²) in [4.78, 5) is 0. The molecule has 0 aliphatic rings. The van der Waals surface area contributed by atoms with Crippen LogP contribution in [0.5, 0.6) is 0 Å². The van der Waals surface area contributed by atoms with Crippen LogP contribution in [0.1, 0.15) is 29.8 Å². The molecule has 0 saturated carbocycles. The third-order valence-electron chi connectivity index (χ3n) is 2.74. The molecule has 0 aliphatic heterocycles. The van der Waals surface area contributed by atoms with Gasteiger partial charge in [-0.1, -0.05) is 31.2 Å². The Balaban J connectivity index is 2.27. The molecule has 1 atom stereocenters. The van der Waals surface area contributed by atoms with Crippen LogP contribution < -0.4 is 5.32 Å². The Morgan fingerprint density at radius 2 is 2.06 bits per heavy atom. The van der Waals surface area contributed by atoms with E-state index >= 15 is 0 Å². The number of hydrogen-bond acceptors (Lipinski definition) is 3. The topological polar surface area (TPSA) is 53.6 Å². The first-order valence-electron chi connectivity index (χ1n) is 5.47. The van der Waals surface area contributed by atoms with E-state index < -0.39 is 0 Å². The molecule has 4 heteroatoms. The zero-order valence-corrected chi connectivity index (χ0v) is 9.57. The van der Waals surface area contributed by atoms with Gasteiger partial charge in [-0.3, -0.25) is 0 Å². The number of aryl methyl sites for hydroxylation is 1. The molecule has 2 rings (SSSR count). The van der Waals surface area contributed by atoms with Gasteiger partial charge in [0.05, 0.1) is 12.2 Å². The largest absolute Gasteiger partial charge is 0.308 e. The van der Waals surface area contributed by atoms with Gasteiger partial charge in [-0.2, -0.15) is 15.4 Å². The maximum Gasteiger partial charge on any atom is 0.104 e. The molecular weight excluding hydrogens is 200 g/mol. The van der Waals surface area contributed by atoms with Crippen molar-refractivity contribution in [3.63, 3.8) is 0 Å². The van der Waals surface area contributed by atoms with Crippen LogP contribution in [0.4, 0.5) is 0 Å². The number of benzene rings is 1. The fraction of sp³-hybridized carbons (Fsp3) is 0.333. The molecule has 0 saturated heterocycles. The predicted molar refractivity (Wildman–Crippen MR) is 63.1 cm³/mol. The number of H-pyrrole nitrogens is 1. The highest BCUT2D eigenvalue weighted by molar-refractivity contribution is 5.29. The monoisotopic (exact) mass is 216 g/mol. The van der Waals surface area contributed by atoms with E-state index in [1.807, 2.05) is 7.05 Å². The molecule has 0 bridgehead atoms. The van der Waals surface area contributed by atoms with Gasteiger partial charge in [-0.05, 0) is 24.6 Å². The highest BCUT2D eigenvalue weighted by Crippen LogP contribution is 2.19. The second-order valence-electron chi connectivity index (χ2n) is 3.71. The summed E-state index contributed by atoms with van der Waals surface area (Å²) in [5.74, 6) is 0. The molecule has 0 spiro atoms. The molecule has 16 heavy (non-hydrogen) atoms. The lowest BCUT2D eigenvalue weighted by atomic mass is 10.0. The van der Waals surface area contributed by atoms with E-state index in [2.05, 4.69) is 51.9 Å². The fourth-order valence-electron chi connectivity index (χ4n) is 1.78. The molecule has 0 fully saturated rings. The van der Waals surface area contributed by atoms with Crippen molar-refractivity contribution in [3.05, 3.63) is 47.3 Å². The summed E-state index contributed by atoms with van der Waals surface area (Å²) >= 11 is 0. The van der Waals surface area contributed by atoms with Gasteiger partial charge < -0.3 is 5.32 Å². The SMILES string of the molecule is CCc1ccc(C(NC)c2cn[nH]n2)cc1. The van der Waals surface area contributed by atoms with Crippen LogP contribution in [0.25, 0.3) is 0 Å². The van der Waals surface area contributed by atoms with Gasteiger partial charge in [0.2, 0.25) is 0 Å². The van der Waals surface area contributed by atoms with E-state index in [9.17, 15) is 0 Å². The van der Waals surface area contributed by atoms with Crippen LogP contribution in [-0.4, -0.2) is 22.5 Å². The van der Waals surface area contributed by atoms with Gasteiger partial charge >= 0.3 is 0 Å². The van der Waals surface area contributed by atoms with E-state index in [1.54, 1.807) is 6.20 Å². The van der Waals surface area contributed by atoms with Crippen LogP contribution in [-0.2, 0) is 6.42 Å². The highest BCUT2D eigenvalue weighted by Gasteiger charge is 2.13. The maximum absolute atomic E-state index is 4.11. The predicted octanol–water partition coefficient (Wildman–Crippen LogP) is 1.68. The minimum Gasteiger partial charge on any atom is -0.308 e. The van der Waals surface area contributed by atoms with E-state index in [1.165, 1.54) is 11.1 Å². The van der Waals surface area contributed by atoms with Crippen molar-refractivity contribution in [2.45, 2.75) is 19.4 Å². The number of nitrogens with one attached hydrogen (secondary N) is 2. The minimum atomic E-state index is 0.102. The van der Waals surface area contributed by atoms with Crippen LogP contribution in [0.2, 0.25) is 0 Å². The Morgan fingerprint density at radius 3 is 2.56 bits per heavy atom. The van der Waals surface area contributed by atoms with E-state index in [-0.39, 0.29) is 6.04 Å². The molecule has 2 aromatic rings. The number of nitrogens with zero attached hydrogens (tertiary/aromatic N) is 2. The molecular formula is C12H16N4. The van der Waals surface area contributed by atoms with Crippen molar-refractivity contribution in [2.75, 3.05) is 7.05 Å². The second kappa shape index (κ2) is 4.90. The van der Waals surface area contributed by atoms with E-state index in [0.29, 0.717) is 0 Å². The Hall–Kier alpha value is -1.68. The van der Waals surface area contributed by atoms with Gasteiger partial charge in [0.15, 0.2) is 0 Å². The number of aromatic amines is 1. The summed E-state index contributed by atoms with van der Waals surface area (Å²) < 4.78 is 0. The van der Waals surface area contributed by atoms with Crippen molar-refractivity contribution in [2.24, 2.45) is 0 Å². The summed E-state index contributed by atoms with van der Waals surface area (Å²) in [7, 11) is 1.92. The zero-order chi connectivity index (χ0) is 11.4. The van der Waals surface area contributed by atoms with Gasteiger partial charge in [0, 0.05) is 0 Å². The fourth-order valence-corrected chi connectivity index (χ4v) is 1.78. The molecule has 0 aliphatic carbocycles. The highest BCUT2D eigenvalue weighted by atomic mass is 15.3. The lowest BCUT2D eigenvalue weighted by Crippen LogP contribution is -2.18. The lowest BCUT2D eigenvalue weighted by Gasteiger charge is -2.13. The second-order valence-corrected chi connectivity index (χ2v) is 3.71. The molecule has 2 N–H and O–H groups in total. The minimum absolute atomic E-state index is 0.102. The first kappa shape index (κ1) is 10.8. The normalized spacial score (nSPS) is 12.6. The summed E-state index contributed by atoms with van der Waals surface area (Å²) in [6, 6.07) is 8.67. The van der Waals surface area contributed by atoms with Crippen LogP contribution in [0, 0.1) is 0 Å². The number of rotatable bonds is 4. The van der Waals surface area contributed by atoms with Crippen molar-refractivity contribution < 1.29 is 0 Å². The summed E-state index contributed by atoms with van der Waals surface area (Å²) in [6.45, 7) is 2.15. The Labute approximate surface area is 95.1 Å². The van der Waals surface area contributed by atoms with Gasteiger partial charge in [-0.15, -0.1) is 0 Å². The quantitative estimate of drug-likeness (QED) is 0.817. The number of aromatic nitrogens is 3. The van der Waals surface area contributed by atoms with Crippen molar-refractivity contribution in [1.82, 2.24) is 20.7 Å². The van der Waals surface area contributed by atoms with Crippen molar-refractivity contribution >= 4 is 0 Å². The van der Waals surface area contributed by atoms with Crippen LogP contribution in [0.15, 0.2) is 30.5 Å². The van der Waals surface area contributed by atoms with Gasteiger partial charge in [-0.25, -0.2) is 0 Å². The molecule has 1 aromatic carbocycles. The Bertz CT molecular complexity index is 419. The first-order chi connectivity index (χ1) is 7.85. The molecule has 1 aromatic heterocycles. The average Bonchev–Trinajstić information content (AvgIpc) is 2.85. The van der Waals surface area contributed by atoms with E-state index in [4.69, 9.17) is 0 Å². The Kier molecular flexibility index (Phi) is 3.31. The van der Waals surface area contributed by atoms with Crippen LogP contribution in [0.3, 0.4) is 0 Å². The van der Waals surface area contributed by atoms with Crippen molar-refractivity contribution in [1.29, 1.82) is 0 Å². The number of hydrogen-bond donors (Lipinski definition) is 2. The Morgan fingerprint density at radius 1 is 1.31 bits per heavy atom. The molecule has 4 nitrogen and oxygen atoms in total. The zero-order valence-electron chi connectivity index (χ0n) is 9.57. The van der Waals surface area contributed by atoms with E-state index in [0.717, 1.165) is 12.1 Å². The molecule has 0 amide bonds. The average molecular weight is 216 g/mol. The summed E-state index contributed by atoms with van der Waals surface area (Å²) in [6.07, 6.45) is 2.81. The molecule has 1 unspecified atom stereocenters. The maximum atomic E-state index is 4.11. The van der Waals surface area contributed by atoms with Crippen molar-refractivity contribution in [3.8, 4) is 0 Å². The van der Waals surface area contributed by atoms with Gasteiger partial charge in [0.25, 0.3) is 0 Å². The smallest absolute Gasteiger partial charge is 0.104 e. The molecule has 84 valence electrons. The standard InChI is InChI=1S/C12H16N4/c1-3-9-4-6-10(7-5-9)12(13-2)11-8-14-16-15-11/h4-8,12-13H,3H2,1-2H3,(H,14,15,16).